The van der Waals surface area contributed by atoms with Crippen molar-refractivity contribution in [2.45, 2.75) is 44.0 Å². The molecule has 0 spiro atoms. The Kier molecular flexibility index (Phi) is 5.37. The van der Waals surface area contributed by atoms with E-state index in [9.17, 15) is 13.2 Å². The first-order chi connectivity index (χ1) is 11.5. The van der Waals surface area contributed by atoms with E-state index in [1.54, 1.807) is 0 Å². The summed E-state index contributed by atoms with van der Waals surface area (Å²) in [4.78, 5) is 12.6. The van der Waals surface area contributed by atoms with E-state index >= 15 is 0 Å². The van der Waals surface area contributed by atoms with E-state index in [-0.39, 0.29) is 22.3 Å². The van der Waals surface area contributed by atoms with Crippen molar-refractivity contribution in [1.29, 1.82) is 0 Å². The highest BCUT2D eigenvalue weighted by Gasteiger charge is 2.16. The summed E-state index contributed by atoms with van der Waals surface area (Å²) in [7, 11) is -3.26. The lowest BCUT2D eigenvalue weighted by molar-refractivity contribution is 0.0939. The maximum Gasteiger partial charge on any atom is 0.251 e. The smallest absolute Gasteiger partial charge is 0.251 e. The van der Waals surface area contributed by atoms with E-state index in [0.717, 1.165) is 11.8 Å². The Hall–Kier alpha value is -2.14. The molecule has 1 atom stereocenters. The number of sulfone groups is 1. The van der Waals surface area contributed by atoms with E-state index in [1.165, 1.54) is 29.8 Å². The predicted molar refractivity (Wildman–Crippen MR) is 101 cm³/mol. The van der Waals surface area contributed by atoms with Gasteiger partial charge in [0.05, 0.1) is 10.9 Å². The van der Waals surface area contributed by atoms with E-state index in [1.807, 2.05) is 19.1 Å². The van der Waals surface area contributed by atoms with Crippen molar-refractivity contribution in [2.24, 2.45) is 0 Å². The van der Waals surface area contributed by atoms with Gasteiger partial charge in [-0.05, 0) is 47.7 Å². The number of hydrogen-bond acceptors (Lipinski definition) is 3. The average molecular weight is 359 g/mol. The topological polar surface area (TPSA) is 63.2 Å². The van der Waals surface area contributed by atoms with Crippen molar-refractivity contribution in [3.05, 3.63) is 65.2 Å². The average Bonchev–Trinajstić information content (AvgIpc) is 2.53. The Morgan fingerprint density at radius 3 is 1.92 bits per heavy atom. The Morgan fingerprint density at radius 2 is 1.48 bits per heavy atom. The second kappa shape index (κ2) is 7.00. The summed E-state index contributed by atoms with van der Waals surface area (Å²) >= 11 is 0. The first-order valence-corrected chi connectivity index (χ1v) is 10.1. The zero-order valence-corrected chi connectivity index (χ0v) is 16.1. The van der Waals surface area contributed by atoms with Crippen LogP contribution in [0.5, 0.6) is 0 Å². The molecule has 0 saturated carbocycles. The third-order valence-corrected chi connectivity index (χ3v) is 5.30. The molecule has 0 radical (unpaired) electrons. The zero-order valence-electron chi connectivity index (χ0n) is 15.3. The van der Waals surface area contributed by atoms with Crippen LogP contribution in [0.2, 0.25) is 0 Å². The van der Waals surface area contributed by atoms with Crippen LogP contribution in [0.15, 0.2) is 53.4 Å². The molecule has 1 unspecified atom stereocenters. The maximum absolute atomic E-state index is 12.4. The molecule has 1 amide bonds. The van der Waals surface area contributed by atoms with Crippen molar-refractivity contribution < 1.29 is 13.2 Å². The number of hydrogen-bond donors (Lipinski definition) is 1. The van der Waals surface area contributed by atoms with Gasteiger partial charge in [0.15, 0.2) is 9.84 Å². The fourth-order valence-corrected chi connectivity index (χ4v) is 3.12. The summed E-state index contributed by atoms with van der Waals surface area (Å²) in [6, 6.07) is 14.0. The first-order valence-electron chi connectivity index (χ1n) is 8.20. The predicted octanol–water partition coefficient (Wildman–Crippen LogP) is 3.88. The van der Waals surface area contributed by atoms with E-state index in [0.29, 0.717) is 5.56 Å². The van der Waals surface area contributed by atoms with Gasteiger partial charge in [-0.2, -0.15) is 0 Å². The molecule has 5 heteroatoms. The molecule has 2 aromatic carbocycles. The Labute approximate surface area is 150 Å². The minimum atomic E-state index is -3.26. The molecule has 2 rings (SSSR count). The van der Waals surface area contributed by atoms with Gasteiger partial charge < -0.3 is 5.32 Å². The van der Waals surface area contributed by atoms with E-state index < -0.39 is 9.84 Å². The van der Waals surface area contributed by atoms with Crippen LogP contribution in [-0.4, -0.2) is 20.6 Å². The molecule has 0 heterocycles. The molecule has 0 fully saturated rings. The van der Waals surface area contributed by atoms with Gasteiger partial charge >= 0.3 is 0 Å². The van der Waals surface area contributed by atoms with Crippen LogP contribution >= 0.6 is 0 Å². The molecule has 4 nitrogen and oxygen atoms in total. The molecule has 1 N–H and O–H groups in total. The summed E-state index contributed by atoms with van der Waals surface area (Å²) in [5.74, 6) is -0.229. The second-order valence-corrected chi connectivity index (χ2v) is 9.38. The Bertz CT molecular complexity index is 845. The van der Waals surface area contributed by atoms with Crippen LogP contribution in [0.1, 0.15) is 55.2 Å². The van der Waals surface area contributed by atoms with Gasteiger partial charge in [0.1, 0.15) is 0 Å². The van der Waals surface area contributed by atoms with Crippen LogP contribution in [0.25, 0.3) is 0 Å². The first kappa shape index (κ1) is 19.2. The van der Waals surface area contributed by atoms with Gasteiger partial charge in [0.25, 0.3) is 5.91 Å². The number of carbonyl (C=O) groups excluding carboxylic acids is 1. The van der Waals surface area contributed by atoms with Gasteiger partial charge in [0, 0.05) is 11.8 Å². The molecule has 0 aliphatic heterocycles. The fourth-order valence-electron chi connectivity index (χ4n) is 2.49. The molecular formula is C20H25NO3S. The maximum atomic E-state index is 12.4. The quantitative estimate of drug-likeness (QED) is 0.901. The normalized spacial score (nSPS) is 13.3. The molecule has 0 aliphatic carbocycles. The third-order valence-electron chi connectivity index (χ3n) is 4.17. The lowest BCUT2D eigenvalue weighted by Gasteiger charge is -2.20. The number of nitrogens with one attached hydrogen (secondary N) is 1. The van der Waals surface area contributed by atoms with Crippen molar-refractivity contribution in [3.8, 4) is 0 Å². The molecular weight excluding hydrogens is 334 g/mol. The van der Waals surface area contributed by atoms with Crippen LogP contribution in [0.3, 0.4) is 0 Å². The molecule has 0 aliphatic rings. The lowest BCUT2D eigenvalue weighted by Crippen LogP contribution is -2.26. The molecule has 2 aromatic rings. The molecule has 0 bridgehead atoms. The van der Waals surface area contributed by atoms with Crippen molar-refractivity contribution in [3.63, 3.8) is 0 Å². The molecule has 25 heavy (non-hydrogen) atoms. The Balaban J connectivity index is 2.09. The largest absolute Gasteiger partial charge is 0.346 e. The minimum absolute atomic E-state index is 0.0897. The van der Waals surface area contributed by atoms with Crippen LogP contribution in [0.4, 0.5) is 0 Å². The number of amides is 1. The van der Waals surface area contributed by atoms with Crippen LogP contribution in [0, 0.1) is 0 Å². The number of benzene rings is 2. The third kappa shape index (κ3) is 4.92. The standard InChI is InChI=1S/C20H25NO3S/c1-14(15-6-10-17(11-7-15)20(2,3)4)21-19(22)16-8-12-18(13-9-16)25(5,23)24/h6-14H,1-5H3,(H,21,22). The van der Waals surface area contributed by atoms with Crippen molar-refractivity contribution in [2.75, 3.05) is 6.26 Å². The van der Waals surface area contributed by atoms with Gasteiger partial charge in [-0.25, -0.2) is 8.42 Å². The van der Waals surface area contributed by atoms with Crippen LogP contribution < -0.4 is 5.32 Å². The van der Waals surface area contributed by atoms with Gasteiger partial charge in [-0.15, -0.1) is 0 Å². The van der Waals surface area contributed by atoms with Gasteiger partial charge in [-0.3, -0.25) is 4.79 Å². The number of carbonyl (C=O) groups is 1. The number of rotatable bonds is 4. The molecule has 134 valence electrons. The second-order valence-electron chi connectivity index (χ2n) is 7.36. The highest BCUT2D eigenvalue weighted by atomic mass is 32.2. The van der Waals surface area contributed by atoms with Gasteiger partial charge in [-0.1, -0.05) is 45.0 Å². The SMILES string of the molecule is CC(NC(=O)c1ccc(S(C)(=O)=O)cc1)c1ccc(C(C)(C)C)cc1. The molecule has 0 saturated heterocycles. The summed E-state index contributed by atoms with van der Waals surface area (Å²) in [5.41, 5.74) is 2.79. The Morgan fingerprint density at radius 1 is 0.960 bits per heavy atom. The highest BCUT2D eigenvalue weighted by Crippen LogP contribution is 2.24. The summed E-state index contributed by atoms with van der Waals surface area (Å²) < 4.78 is 22.9. The fraction of sp³-hybridized carbons (Fsp3) is 0.350. The van der Waals surface area contributed by atoms with Gasteiger partial charge in [0.2, 0.25) is 0 Å². The summed E-state index contributed by atoms with van der Waals surface area (Å²) in [6.45, 7) is 8.41. The zero-order chi connectivity index (χ0) is 18.8. The van der Waals surface area contributed by atoms with Crippen molar-refractivity contribution >= 4 is 15.7 Å². The van der Waals surface area contributed by atoms with E-state index in [2.05, 4.69) is 38.2 Å². The molecule has 0 aromatic heterocycles. The van der Waals surface area contributed by atoms with E-state index in [4.69, 9.17) is 0 Å². The monoisotopic (exact) mass is 359 g/mol. The summed E-state index contributed by atoms with van der Waals surface area (Å²) in [6.07, 6.45) is 1.14. The lowest BCUT2D eigenvalue weighted by atomic mass is 9.86. The van der Waals surface area contributed by atoms with Crippen molar-refractivity contribution in [1.82, 2.24) is 5.32 Å². The van der Waals surface area contributed by atoms with Crippen LogP contribution in [-0.2, 0) is 15.3 Å². The highest BCUT2D eigenvalue weighted by molar-refractivity contribution is 7.90. The summed E-state index contributed by atoms with van der Waals surface area (Å²) in [5, 5.41) is 2.94. The minimum Gasteiger partial charge on any atom is -0.346 e.